The number of halogens is 2. The van der Waals surface area contributed by atoms with Gasteiger partial charge in [-0.3, -0.25) is 9.69 Å². The number of likely N-dealkylation sites (tertiary alicyclic amines) is 1. The monoisotopic (exact) mass is 649 g/mol. The Morgan fingerprint density at radius 1 is 1.00 bits per heavy atom. The first-order valence-electron chi connectivity index (χ1n) is 15.3. The number of ether oxygens (including phenoxy) is 2. The number of anilines is 1. The van der Waals surface area contributed by atoms with Crippen molar-refractivity contribution in [3.63, 3.8) is 0 Å². The first-order valence-corrected chi connectivity index (χ1v) is 16.1. The minimum atomic E-state index is -0.144. The van der Waals surface area contributed by atoms with Gasteiger partial charge < -0.3 is 18.9 Å². The van der Waals surface area contributed by atoms with Crippen LogP contribution in [0.25, 0.3) is 11.3 Å². The normalized spacial score (nSPS) is 15.7. The Labute approximate surface area is 273 Å². The van der Waals surface area contributed by atoms with E-state index in [0.717, 1.165) is 55.7 Å². The van der Waals surface area contributed by atoms with Crippen LogP contribution in [0.5, 0.6) is 11.6 Å². The van der Waals surface area contributed by atoms with Gasteiger partial charge >= 0.3 is 5.97 Å². The molecule has 10 nitrogen and oxygen atoms in total. The maximum atomic E-state index is 11.7. The van der Waals surface area contributed by atoms with Crippen LogP contribution in [0.1, 0.15) is 56.1 Å². The first-order chi connectivity index (χ1) is 21.7. The average molecular weight is 651 g/mol. The standard InChI is InChI=1S/C33H37Cl2N7O3/c1-21(2)42-20-38-28-6-9-41(19-30(28)42)33-36-16-27(17-37-33)45-31-11-23(10-29(39-31)24-13-25(34)15-26(35)14-24)18-40-7-4-22(5-8-40)12-32(43)44-3/h10-11,13-17,20-22H,4-9,12,18-19H2,1-3H3. The van der Waals surface area contributed by atoms with Gasteiger partial charge in [0.15, 0.2) is 5.75 Å². The number of hydrogen-bond donors (Lipinski definition) is 0. The van der Waals surface area contributed by atoms with Gasteiger partial charge in [0.2, 0.25) is 11.8 Å². The number of carbonyl (C=O) groups is 1. The van der Waals surface area contributed by atoms with Crippen molar-refractivity contribution in [3.8, 4) is 22.9 Å². The van der Waals surface area contributed by atoms with E-state index < -0.39 is 0 Å². The number of piperidine rings is 1. The third-order valence-electron chi connectivity index (χ3n) is 8.43. The van der Waals surface area contributed by atoms with Crippen LogP contribution in [0.2, 0.25) is 10.0 Å². The van der Waals surface area contributed by atoms with Crippen LogP contribution in [0.3, 0.4) is 0 Å². The molecule has 0 amide bonds. The summed E-state index contributed by atoms with van der Waals surface area (Å²) in [6.45, 7) is 8.33. The number of esters is 1. The van der Waals surface area contributed by atoms with Gasteiger partial charge in [-0.25, -0.2) is 19.9 Å². The maximum absolute atomic E-state index is 11.7. The smallest absolute Gasteiger partial charge is 0.305 e. The molecule has 5 heterocycles. The third kappa shape index (κ3) is 7.57. The molecule has 12 heteroatoms. The average Bonchev–Trinajstić information content (AvgIpc) is 3.46. The molecule has 45 heavy (non-hydrogen) atoms. The summed E-state index contributed by atoms with van der Waals surface area (Å²) in [5.74, 6) is 1.78. The molecule has 236 valence electrons. The lowest BCUT2D eigenvalue weighted by molar-refractivity contribution is -0.142. The number of benzene rings is 1. The van der Waals surface area contributed by atoms with E-state index in [0.29, 0.717) is 64.8 Å². The zero-order valence-corrected chi connectivity index (χ0v) is 27.3. The summed E-state index contributed by atoms with van der Waals surface area (Å²) >= 11 is 12.7. The molecule has 2 aliphatic rings. The molecular weight excluding hydrogens is 613 g/mol. The van der Waals surface area contributed by atoms with Crippen molar-refractivity contribution in [3.05, 3.63) is 76.0 Å². The predicted octanol–water partition coefficient (Wildman–Crippen LogP) is 6.75. The van der Waals surface area contributed by atoms with Crippen LogP contribution in [-0.2, 0) is 29.0 Å². The molecule has 0 spiro atoms. The summed E-state index contributed by atoms with van der Waals surface area (Å²) in [6.07, 6.45) is 8.52. The van der Waals surface area contributed by atoms with E-state index in [-0.39, 0.29) is 5.97 Å². The van der Waals surface area contributed by atoms with Crippen LogP contribution >= 0.6 is 23.2 Å². The molecule has 2 aliphatic heterocycles. The number of rotatable bonds is 9. The zero-order valence-electron chi connectivity index (χ0n) is 25.7. The van der Waals surface area contributed by atoms with E-state index in [4.69, 9.17) is 37.7 Å². The van der Waals surface area contributed by atoms with Crippen molar-refractivity contribution in [1.82, 2.24) is 29.4 Å². The van der Waals surface area contributed by atoms with Crippen LogP contribution in [-0.4, -0.2) is 62.1 Å². The molecule has 1 fully saturated rings. The number of imidazole rings is 1. The van der Waals surface area contributed by atoms with Crippen molar-refractivity contribution in [1.29, 1.82) is 0 Å². The van der Waals surface area contributed by atoms with E-state index in [1.807, 2.05) is 30.6 Å². The second-order valence-corrected chi connectivity index (χ2v) is 12.9. The van der Waals surface area contributed by atoms with Gasteiger partial charge in [-0.2, -0.15) is 0 Å². The van der Waals surface area contributed by atoms with Gasteiger partial charge in [-0.15, -0.1) is 0 Å². The number of carbonyl (C=O) groups excluding carboxylic acids is 1. The number of hydrogen-bond acceptors (Lipinski definition) is 9. The minimum Gasteiger partial charge on any atom is -0.469 e. The molecule has 0 atom stereocenters. The SMILES string of the molecule is COC(=O)CC1CCN(Cc2cc(Oc3cnc(N4CCc5ncn(C(C)C)c5C4)nc3)nc(-c3cc(Cl)cc(Cl)c3)c2)CC1. The summed E-state index contributed by atoms with van der Waals surface area (Å²) in [6, 6.07) is 9.71. The summed E-state index contributed by atoms with van der Waals surface area (Å²) < 4.78 is 13.3. The molecule has 0 radical (unpaired) electrons. The highest BCUT2D eigenvalue weighted by atomic mass is 35.5. The minimum absolute atomic E-state index is 0.144. The van der Waals surface area contributed by atoms with Gasteiger partial charge in [-0.05, 0) is 75.5 Å². The van der Waals surface area contributed by atoms with Crippen molar-refractivity contribution in [2.45, 2.75) is 58.7 Å². The molecular formula is C33H37Cl2N7O3. The molecule has 0 saturated carbocycles. The van der Waals surface area contributed by atoms with Crippen LogP contribution in [0, 0.1) is 5.92 Å². The van der Waals surface area contributed by atoms with Gasteiger partial charge in [0.25, 0.3) is 0 Å². The third-order valence-corrected chi connectivity index (χ3v) is 8.87. The molecule has 0 bridgehead atoms. The number of pyridine rings is 1. The Hall–Kier alpha value is -3.73. The fraction of sp³-hybridized carbons (Fsp3) is 0.424. The first kappa shape index (κ1) is 31.3. The van der Waals surface area contributed by atoms with E-state index >= 15 is 0 Å². The van der Waals surface area contributed by atoms with E-state index in [1.165, 1.54) is 12.8 Å². The Morgan fingerprint density at radius 2 is 1.73 bits per heavy atom. The fourth-order valence-corrected chi connectivity index (χ4v) is 6.57. The lowest BCUT2D eigenvalue weighted by atomic mass is 9.93. The van der Waals surface area contributed by atoms with Gasteiger partial charge in [-0.1, -0.05) is 23.2 Å². The lowest BCUT2D eigenvalue weighted by Gasteiger charge is -2.31. The highest BCUT2D eigenvalue weighted by molar-refractivity contribution is 6.35. The van der Waals surface area contributed by atoms with E-state index in [2.05, 4.69) is 43.2 Å². The Kier molecular flexibility index (Phi) is 9.53. The summed E-state index contributed by atoms with van der Waals surface area (Å²) in [5, 5.41) is 1.07. The highest BCUT2D eigenvalue weighted by Gasteiger charge is 2.25. The van der Waals surface area contributed by atoms with Crippen LogP contribution in [0.15, 0.2) is 49.1 Å². The summed E-state index contributed by atoms with van der Waals surface area (Å²) in [5.41, 5.74) is 4.90. The molecule has 1 aromatic carbocycles. The van der Waals surface area contributed by atoms with Crippen LogP contribution in [0.4, 0.5) is 5.95 Å². The molecule has 1 saturated heterocycles. The quantitative estimate of drug-likeness (QED) is 0.182. The molecule has 6 rings (SSSR count). The fourth-order valence-electron chi connectivity index (χ4n) is 6.05. The number of methoxy groups -OCH3 is 1. The number of nitrogens with zero attached hydrogens (tertiary/aromatic N) is 7. The largest absolute Gasteiger partial charge is 0.469 e. The molecule has 3 aromatic heterocycles. The van der Waals surface area contributed by atoms with Crippen molar-refractivity contribution >= 4 is 35.1 Å². The number of aromatic nitrogens is 5. The maximum Gasteiger partial charge on any atom is 0.305 e. The Balaban J connectivity index is 1.19. The molecule has 4 aromatic rings. The van der Waals surface area contributed by atoms with Crippen molar-refractivity contribution in [2.24, 2.45) is 5.92 Å². The lowest BCUT2D eigenvalue weighted by Crippen LogP contribution is -2.34. The van der Waals surface area contributed by atoms with Gasteiger partial charge in [0.1, 0.15) is 0 Å². The molecule has 0 unspecified atom stereocenters. The topological polar surface area (TPSA) is 98.5 Å². The molecule has 0 aliphatic carbocycles. The second kappa shape index (κ2) is 13.7. The number of fused-ring (bicyclic) bond motifs is 1. The van der Waals surface area contributed by atoms with Gasteiger partial charge in [0.05, 0.1) is 49.5 Å². The zero-order chi connectivity index (χ0) is 31.5. The van der Waals surface area contributed by atoms with Crippen molar-refractivity contribution in [2.75, 3.05) is 31.6 Å². The second-order valence-electron chi connectivity index (χ2n) is 12.0. The Bertz CT molecular complexity index is 1630. The van der Waals surface area contributed by atoms with Crippen LogP contribution < -0.4 is 9.64 Å². The van der Waals surface area contributed by atoms with Crippen molar-refractivity contribution < 1.29 is 14.3 Å². The Morgan fingerprint density at radius 3 is 2.42 bits per heavy atom. The highest BCUT2D eigenvalue weighted by Crippen LogP contribution is 2.31. The van der Waals surface area contributed by atoms with Gasteiger partial charge in [0, 0.05) is 53.6 Å². The predicted molar refractivity (Wildman–Crippen MR) is 174 cm³/mol. The van der Waals surface area contributed by atoms with E-state index in [1.54, 1.807) is 18.5 Å². The molecule has 0 N–H and O–H groups in total. The van der Waals surface area contributed by atoms with E-state index in [9.17, 15) is 4.79 Å². The summed E-state index contributed by atoms with van der Waals surface area (Å²) in [4.78, 5) is 35.0. The summed E-state index contributed by atoms with van der Waals surface area (Å²) in [7, 11) is 1.44.